The van der Waals surface area contributed by atoms with Crippen LogP contribution in [0.25, 0.3) is 11.0 Å². The molecule has 2 aromatic heterocycles. The molecule has 2 aromatic rings. The Morgan fingerprint density at radius 1 is 1.41 bits per heavy atom. The van der Waals surface area contributed by atoms with Gasteiger partial charge in [-0.25, -0.2) is 18.8 Å². The van der Waals surface area contributed by atoms with Gasteiger partial charge in [-0.3, -0.25) is 4.79 Å². The summed E-state index contributed by atoms with van der Waals surface area (Å²) in [5, 5.41) is 15.8. The molecule has 0 spiro atoms. The lowest BCUT2D eigenvalue weighted by atomic mass is 9.79. The van der Waals surface area contributed by atoms with Gasteiger partial charge in [0.05, 0.1) is 12.6 Å². The third-order valence-corrected chi connectivity index (χ3v) is 5.95. The van der Waals surface area contributed by atoms with Crippen molar-refractivity contribution in [3.05, 3.63) is 41.9 Å². The monoisotopic (exact) mass is 403 g/mol. The van der Waals surface area contributed by atoms with Crippen LogP contribution >= 0.6 is 0 Å². The van der Waals surface area contributed by atoms with Crippen LogP contribution in [0.15, 0.2) is 35.5 Å². The molecule has 3 heterocycles. The zero-order valence-electron chi connectivity index (χ0n) is 16.0. The van der Waals surface area contributed by atoms with Crippen molar-refractivity contribution >= 4 is 22.8 Å². The molecule has 1 unspecified atom stereocenters. The molecule has 2 aliphatic rings. The van der Waals surface area contributed by atoms with Gasteiger partial charge in [-0.2, -0.15) is 0 Å². The Kier molecular flexibility index (Phi) is 4.97. The van der Waals surface area contributed by atoms with Gasteiger partial charge in [-0.15, -0.1) is 0 Å². The van der Waals surface area contributed by atoms with E-state index in [1.165, 1.54) is 12.3 Å². The predicted octanol–water partition coefficient (Wildman–Crippen LogP) is 3.53. The Morgan fingerprint density at radius 3 is 2.90 bits per heavy atom. The van der Waals surface area contributed by atoms with Crippen LogP contribution in [0.2, 0.25) is 0 Å². The van der Waals surface area contributed by atoms with Crippen molar-refractivity contribution in [2.45, 2.75) is 51.2 Å². The normalized spacial score (nSPS) is 22.0. The molecule has 4 rings (SSSR count). The van der Waals surface area contributed by atoms with Crippen molar-refractivity contribution in [3.8, 4) is 0 Å². The maximum atomic E-state index is 14.5. The molecule has 1 fully saturated rings. The van der Waals surface area contributed by atoms with Crippen LogP contribution in [0.5, 0.6) is 0 Å². The lowest BCUT2D eigenvalue weighted by Gasteiger charge is -2.35. The van der Waals surface area contributed by atoms with E-state index in [0.717, 1.165) is 31.9 Å². The first-order valence-corrected chi connectivity index (χ1v) is 9.66. The van der Waals surface area contributed by atoms with E-state index in [9.17, 15) is 18.7 Å². The van der Waals surface area contributed by atoms with Gasteiger partial charge in [0.1, 0.15) is 17.6 Å². The highest BCUT2D eigenvalue weighted by Crippen LogP contribution is 2.42. The van der Waals surface area contributed by atoms with E-state index in [-0.39, 0.29) is 17.7 Å². The van der Waals surface area contributed by atoms with Crippen LogP contribution in [0, 0.1) is 11.2 Å². The Hall–Kier alpha value is -2.97. The van der Waals surface area contributed by atoms with Crippen LogP contribution < -0.4 is 10.6 Å². The summed E-state index contributed by atoms with van der Waals surface area (Å²) in [5.74, 6) is -2.01. The number of nitrogens with one attached hydrogen (secondary N) is 3. The molecule has 0 amide bonds. The molecule has 0 bridgehead atoms. The molecule has 1 aliphatic heterocycles. The fourth-order valence-electron chi connectivity index (χ4n) is 4.28. The number of nitrogens with zero attached hydrogens (tertiary/aromatic N) is 2. The predicted molar refractivity (Wildman–Crippen MR) is 104 cm³/mol. The lowest BCUT2D eigenvalue weighted by molar-refractivity contribution is -0.138. The number of rotatable bonds is 5. The highest BCUT2D eigenvalue weighted by molar-refractivity contribution is 5.97. The number of aliphatic imine (C=N–C) groups is 1. The second kappa shape index (κ2) is 7.46. The average molecular weight is 403 g/mol. The molecule has 1 saturated carbocycles. The lowest BCUT2D eigenvalue weighted by Crippen LogP contribution is -2.47. The van der Waals surface area contributed by atoms with E-state index in [4.69, 9.17) is 0 Å². The Balaban J connectivity index is 1.64. The van der Waals surface area contributed by atoms with Crippen LogP contribution in [0.3, 0.4) is 0 Å². The van der Waals surface area contributed by atoms with E-state index < -0.39 is 29.8 Å². The zero-order chi connectivity index (χ0) is 20.6. The first-order chi connectivity index (χ1) is 13.9. The average Bonchev–Trinajstić information content (AvgIpc) is 3.29. The van der Waals surface area contributed by atoms with Gasteiger partial charge >= 0.3 is 5.97 Å². The summed E-state index contributed by atoms with van der Waals surface area (Å²) < 4.78 is 28.2. The first kappa shape index (κ1) is 19.4. The minimum absolute atomic E-state index is 0.00633. The summed E-state index contributed by atoms with van der Waals surface area (Å²) >= 11 is 0. The van der Waals surface area contributed by atoms with E-state index in [1.807, 2.05) is 6.92 Å². The number of aliphatic carboxylic acids is 1. The number of aromatic amines is 1. The molecule has 0 radical (unpaired) electrons. The number of fused-ring (bicyclic) bond motifs is 1. The standard InChI is InChI=1S/C20H23F2N5O2/c1-20(4-2-3-5-20)15(7-16(28)29)26-19-14(22)10-25-18(27-19)13-9-24-17-12(13)6-11(21)8-23-17/h6,8-10,15,18,25H,2-5,7H2,1H3,(H,23,24)(H,26,27)(H,28,29)/t15-,18?/m1/s1. The van der Waals surface area contributed by atoms with Crippen molar-refractivity contribution in [2.75, 3.05) is 0 Å². The van der Waals surface area contributed by atoms with Crippen molar-refractivity contribution in [2.24, 2.45) is 10.4 Å². The summed E-state index contributed by atoms with van der Waals surface area (Å²) in [7, 11) is 0. The van der Waals surface area contributed by atoms with Crippen LogP contribution in [-0.4, -0.2) is 32.9 Å². The summed E-state index contributed by atoms with van der Waals surface area (Å²) in [4.78, 5) is 22.8. The maximum Gasteiger partial charge on any atom is 0.305 e. The number of carbonyl (C=O) groups is 1. The second-order valence-corrected chi connectivity index (χ2v) is 7.99. The number of carboxylic acid groups (broad SMARTS) is 1. The van der Waals surface area contributed by atoms with Gasteiger partial charge in [0.15, 0.2) is 11.7 Å². The first-order valence-electron chi connectivity index (χ1n) is 9.66. The minimum atomic E-state index is -0.940. The summed E-state index contributed by atoms with van der Waals surface area (Å²) in [6, 6.07) is 0.904. The highest BCUT2D eigenvalue weighted by Gasteiger charge is 2.39. The quantitative estimate of drug-likeness (QED) is 0.612. The Bertz CT molecular complexity index is 994. The molecular weight excluding hydrogens is 380 g/mol. The number of H-pyrrole nitrogens is 1. The molecule has 154 valence electrons. The van der Waals surface area contributed by atoms with Crippen molar-refractivity contribution in [1.29, 1.82) is 0 Å². The Morgan fingerprint density at radius 2 is 2.17 bits per heavy atom. The number of hydrogen-bond acceptors (Lipinski definition) is 5. The van der Waals surface area contributed by atoms with Crippen LogP contribution in [-0.2, 0) is 4.79 Å². The van der Waals surface area contributed by atoms with Gasteiger partial charge < -0.3 is 20.7 Å². The van der Waals surface area contributed by atoms with Crippen molar-refractivity contribution in [3.63, 3.8) is 0 Å². The zero-order valence-corrected chi connectivity index (χ0v) is 16.0. The molecule has 4 N–H and O–H groups in total. The highest BCUT2D eigenvalue weighted by atomic mass is 19.1. The SMILES string of the molecule is CC1([C@@H](CC(=O)O)NC2=NC(c3c[nH]c4ncc(F)cc34)NC=C2F)CCCC1. The molecule has 2 atom stereocenters. The smallest absolute Gasteiger partial charge is 0.305 e. The van der Waals surface area contributed by atoms with Gasteiger partial charge in [0, 0.05) is 29.4 Å². The van der Waals surface area contributed by atoms with Gasteiger partial charge in [0.25, 0.3) is 0 Å². The number of carboxylic acids is 1. The molecule has 0 saturated heterocycles. The van der Waals surface area contributed by atoms with E-state index in [0.29, 0.717) is 16.6 Å². The molecule has 0 aromatic carbocycles. The van der Waals surface area contributed by atoms with Gasteiger partial charge in [-0.1, -0.05) is 19.8 Å². The van der Waals surface area contributed by atoms with E-state index >= 15 is 0 Å². The van der Waals surface area contributed by atoms with Gasteiger partial charge in [-0.05, 0) is 24.3 Å². The third kappa shape index (κ3) is 3.81. The minimum Gasteiger partial charge on any atom is -0.481 e. The van der Waals surface area contributed by atoms with Crippen LogP contribution in [0.1, 0.15) is 50.8 Å². The number of pyridine rings is 1. The molecule has 29 heavy (non-hydrogen) atoms. The summed E-state index contributed by atoms with van der Waals surface area (Å²) in [6.07, 6.45) is 7.00. The Labute approximate surface area is 166 Å². The van der Waals surface area contributed by atoms with Gasteiger partial charge in [0.2, 0.25) is 0 Å². The number of aromatic nitrogens is 2. The van der Waals surface area contributed by atoms with E-state index in [2.05, 4.69) is 25.6 Å². The fraction of sp³-hybridized carbons (Fsp3) is 0.450. The van der Waals surface area contributed by atoms with Crippen molar-refractivity contribution in [1.82, 2.24) is 20.6 Å². The number of halogens is 2. The molecule has 1 aliphatic carbocycles. The molecular formula is C20H23F2N5O2. The number of amidine groups is 1. The fourth-order valence-corrected chi connectivity index (χ4v) is 4.28. The third-order valence-electron chi connectivity index (χ3n) is 5.95. The van der Waals surface area contributed by atoms with E-state index in [1.54, 1.807) is 6.20 Å². The van der Waals surface area contributed by atoms with Crippen LogP contribution in [0.4, 0.5) is 8.78 Å². The summed E-state index contributed by atoms with van der Waals surface area (Å²) in [6.45, 7) is 2.04. The maximum absolute atomic E-state index is 14.5. The largest absolute Gasteiger partial charge is 0.481 e. The van der Waals surface area contributed by atoms with Crippen molar-refractivity contribution < 1.29 is 18.7 Å². The summed E-state index contributed by atoms with van der Waals surface area (Å²) in [5.41, 5.74) is 0.886. The molecule has 9 heteroatoms. The topological polar surface area (TPSA) is 102 Å². The molecule has 7 nitrogen and oxygen atoms in total. The second-order valence-electron chi connectivity index (χ2n) is 7.99. The number of hydrogen-bond donors (Lipinski definition) is 4.